The Labute approximate surface area is 140 Å². The van der Waals surface area contributed by atoms with Crippen LogP contribution in [0.3, 0.4) is 0 Å². The molecule has 0 spiro atoms. The summed E-state index contributed by atoms with van der Waals surface area (Å²) in [6.45, 7) is -0.883. The molecular formula is C17H24F2N2O3. The highest BCUT2D eigenvalue weighted by Gasteiger charge is 2.27. The van der Waals surface area contributed by atoms with Gasteiger partial charge in [-0.25, -0.2) is 0 Å². The summed E-state index contributed by atoms with van der Waals surface area (Å²) in [4.78, 5) is 15.7. The van der Waals surface area contributed by atoms with Gasteiger partial charge in [-0.15, -0.1) is 0 Å². The van der Waals surface area contributed by atoms with Crippen LogP contribution in [0, 0.1) is 5.92 Å². The van der Waals surface area contributed by atoms with Crippen LogP contribution in [0.4, 0.5) is 8.78 Å². The minimum absolute atomic E-state index is 0.0548. The molecule has 0 radical (unpaired) electrons. The number of halogens is 2. The number of aliphatic hydroxyl groups is 1. The molecule has 1 unspecified atom stereocenters. The van der Waals surface area contributed by atoms with Crippen LogP contribution in [0.15, 0.2) is 24.3 Å². The van der Waals surface area contributed by atoms with Crippen molar-refractivity contribution < 1.29 is 23.4 Å². The molecule has 1 N–H and O–H groups in total. The first-order valence-corrected chi connectivity index (χ1v) is 8.03. The van der Waals surface area contributed by atoms with E-state index in [1.54, 1.807) is 31.1 Å². The molecule has 0 aliphatic carbocycles. The van der Waals surface area contributed by atoms with Crippen molar-refractivity contribution in [1.82, 2.24) is 9.80 Å². The van der Waals surface area contributed by atoms with E-state index >= 15 is 0 Å². The van der Waals surface area contributed by atoms with Gasteiger partial charge in [0, 0.05) is 26.6 Å². The summed E-state index contributed by atoms with van der Waals surface area (Å²) in [6.07, 6.45) is 0.863. The lowest BCUT2D eigenvalue weighted by molar-refractivity contribution is -0.134. The fourth-order valence-corrected chi connectivity index (χ4v) is 2.95. The second-order valence-electron chi connectivity index (χ2n) is 6.27. The van der Waals surface area contributed by atoms with E-state index in [1.807, 2.05) is 0 Å². The molecule has 1 aromatic carbocycles. The minimum Gasteiger partial charge on any atom is -0.435 e. The number of alkyl halides is 2. The zero-order valence-corrected chi connectivity index (χ0v) is 14.0. The molecule has 1 amide bonds. The lowest BCUT2D eigenvalue weighted by Gasteiger charge is -2.33. The molecule has 5 nitrogen and oxygen atoms in total. The Morgan fingerprint density at radius 3 is 2.38 bits per heavy atom. The first-order valence-electron chi connectivity index (χ1n) is 8.03. The first kappa shape index (κ1) is 18.6. The highest BCUT2D eigenvalue weighted by atomic mass is 19.3. The molecule has 0 aromatic heterocycles. The highest BCUT2D eigenvalue weighted by Crippen LogP contribution is 2.23. The zero-order valence-electron chi connectivity index (χ0n) is 14.0. The molecule has 1 fully saturated rings. The normalized spacial score (nSPS) is 17.8. The monoisotopic (exact) mass is 342 g/mol. The maximum Gasteiger partial charge on any atom is 0.387 e. The number of ether oxygens (including phenoxy) is 1. The summed E-state index contributed by atoms with van der Waals surface area (Å²) in [5.74, 6) is 0.285. The lowest BCUT2D eigenvalue weighted by atomic mass is 9.95. The van der Waals surface area contributed by atoms with Gasteiger partial charge in [-0.1, -0.05) is 12.1 Å². The van der Waals surface area contributed by atoms with Gasteiger partial charge in [-0.2, -0.15) is 8.78 Å². The van der Waals surface area contributed by atoms with Crippen LogP contribution in [0.1, 0.15) is 24.5 Å². The third-order valence-corrected chi connectivity index (χ3v) is 4.30. The van der Waals surface area contributed by atoms with E-state index in [2.05, 4.69) is 9.64 Å². The van der Waals surface area contributed by atoms with Gasteiger partial charge < -0.3 is 19.6 Å². The van der Waals surface area contributed by atoms with E-state index in [1.165, 1.54) is 12.1 Å². The SMILES string of the molecule is CN(C)C(=O)C1CCN(CC(O)c2ccc(OC(F)F)cc2)CC1. The number of likely N-dealkylation sites (tertiary alicyclic amines) is 1. The Kier molecular flexibility index (Phi) is 6.51. The van der Waals surface area contributed by atoms with Crippen LogP contribution >= 0.6 is 0 Å². The Morgan fingerprint density at radius 2 is 1.88 bits per heavy atom. The number of rotatable bonds is 6. The smallest absolute Gasteiger partial charge is 0.387 e. The molecular weight excluding hydrogens is 318 g/mol. The number of carbonyl (C=O) groups is 1. The van der Waals surface area contributed by atoms with Gasteiger partial charge >= 0.3 is 6.61 Å². The molecule has 24 heavy (non-hydrogen) atoms. The summed E-state index contributed by atoms with van der Waals surface area (Å²) in [5.41, 5.74) is 0.656. The number of amides is 1. The molecule has 2 rings (SSSR count). The predicted octanol–water partition coefficient (Wildman–Crippen LogP) is 2.12. The first-order chi connectivity index (χ1) is 11.4. The Morgan fingerprint density at radius 1 is 1.29 bits per heavy atom. The number of carbonyl (C=O) groups excluding carboxylic acids is 1. The van der Waals surface area contributed by atoms with Crippen LogP contribution < -0.4 is 4.74 Å². The van der Waals surface area contributed by atoms with Crippen molar-refractivity contribution in [1.29, 1.82) is 0 Å². The minimum atomic E-state index is -2.85. The molecule has 1 saturated heterocycles. The van der Waals surface area contributed by atoms with Crippen molar-refractivity contribution in [2.24, 2.45) is 5.92 Å². The zero-order chi connectivity index (χ0) is 17.7. The number of hydrogen-bond donors (Lipinski definition) is 1. The standard InChI is InChI=1S/C17H24F2N2O3/c1-20(2)16(23)13-7-9-21(10-8-13)11-15(22)12-3-5-14(6-4-12)24-17(18)19/h3-6,13,15,17,22H,7-11H2,1-2H3. The summed E-state index contributed by atoms with van der Waals surface area (Å²) in [7, 11) is 3.53. The summed E-state index contributed by atoms with van der Waals surface area (Å²) >= 11 is 0. The molecule has 0 saturated carbocycles. The largest absolute Gasteiger partial charge is 0.435 e. The fourth-order valence-electron chi connectivity index (χ4n) is 2.95. The van der Waals surface area contributed by atoms with Gasteiger partial charge in [0.1, 0.15) is 5.75 Å². The van der Waals surface area contributed by atoms with E-state index in [4.69, 9.17) is 0 Å². The van der Waals surface area contributed by atoms with Gasteiger partial charge in [-0.3, -0.25) is 4.79 Å². The summed E-state index contributed by atoms with van der Waals surface area (Å²) in [5, 5.41) is 10.3. The maximum atomic E-state index is 12.1. The Hall–Kier alpha value is -1.73. The van der Waals surface area contributed by atoms with Crippen LogP contribution in [0.25, 0.3) is 0 Å². The molecule has 1 heterocycles. The van der Waals surface area contributed by atoms with Crippen LogP contribution in [-0.2, 0) is 4.79 Å². The molecule has 0 bridgehead atoms. The van der Waals surface area contributed by atoms with Crippen molar-refractivity contribution in [3.8, 4) is 5.75 Å². The second-order valence-corrected chi connectivity index (χ2v) is 6.27. The Bertz CT molecular complexity index is 529. The highest BCUT2D eigenvalue weighted by molar-refractivity contribution is 5.78. The maximum absolute atomic E-state index is 12.1. The average Bonchev–Trinajstić information content (AvgIpc) is 2.55. The van der Waals surface area contributed by atoms with Crippen molar-refractivity contribution in [2.45, 2.75) is 25.6 Å². The second kappa shape index (κ2) is 8.39. The van der Waals surface area contributed by atoms with E-state index < -0.39 is 12.7 Å². The van der Waals surface area contributed by atoms with Crippen molar-refractivity contribution in [3.63, 3.8) is 0 Å². The Balaban J connectivity index is 1.83. The number of aliphatic hydroxyl groups excluding tert-OH is 1. The van der Waals surface area contributed by atoms with Crippen LogP contribution in [-0.4, -0.2) is 61.2 Å². The van der Waals surface area contributed by atoms with E-state index in [9.17, 15) is 18.7 Å². The number of β-amino-alcohol motifs (C(OH)–C–C–N with tert-alkyl or cyclic N) is 1. The van der Waals surface area contributed by atoms with Gasteiger partial charge in [0.2, 0.25) is 5.91 Å². The van der Waals surface area contributed by atoms with Gasteiger partial charge in [0.25, 0.3) is 0 Å². The third-order valence-electron chi connectivity index (χ3n) is 4.30. The molecule has 1 aliphatic heterocycles. The quantitative estimate of drug-likeness (QED) is 0.860. The predicted molar refractivity (Wildman–Crippen MR) is 85.9 cm³/mol. The molecule has 1 aromatic rings. The number of benzene rings is 1. The van der Waals surface area contributed by atoms with Crippen LogP contribution in [0.5, 0.6) is 5.75 Å². The molecule has 1 atom stereocenters. The topological polar surface area (TPSA) is 53.0 Å². The summed E-state index contributed by atoms with van der Waals surface area (Å²) < 4.78 is 28.5. The molecule has 1 aliphatic rings. The van der Waals surface area contributed by atoms with Crippen LogP contribution in [0.2, 0.25) is 0 Å². The number of hydrogen-bond acceptors (Lipinski definition) is 4. The molecule has 134 valence electrons. The van der Waals surface area contributed by atoms with E-state index in [0.29, 0.717) is 12.1 Å². The van der Waals surface area contributed by atoms with E-state index in [-0.39, 0.29) is 17.6 Å². The fraction of sp³-hybridized carbons (Fsp3) is 0.588. The van der Waals surface area contributed by atoms with Gasteiger partial charge in [0.05, 0.1) is 6.10 Å². The van der Waals surface area contributed by atoms with Gasteiger partial charge in [0.15, 0.2) is 0 Å². The van der Waals surface area contributed by atoms with E-state index in [0.717, 1.165) is 25.9 Å². The number of nitrogens with zero attached hydrogens (tertiary/aromatic N) is 2. The average molecular weight is 342 g/mol. The van der Waals surface area contributed by atoms with Gasteiger partial charge in [-0.05, 0) is 43.6 Å². The van der Waals surface area contributed by atoms with Crippen molar-refractivity contribution in [2.75, 3.05) is 33.7 Å². The summed E-state index contributed by atoms with van der Waals surface area (Å²) in [6, 6.07) is 6.02. The van der Waals surface area contributed by atoms with Crippen molar-refractivity contribution in [3.05, 3.63) is 29.8 Å². The lowest BCUT2D eigenvalue weighted by Crippen LogP contribution is -2.41. The number of piperidine rings is 1. The van der Waals surface area contributed by atoms with Crippen molar-refractivity contribution >= 4 is 5.91 Å². The third kappa shape index (κ3) is 5.14. The molecule has 7 heteroatoms.